The molecule has 64 valence electrons. The van der Waals surface area contributed by atoms with Crippen LogP contribution in [-0.4, -0.2) is 20.5 Å². The van der Waals surface area contributed by atoms with Gasteiger partial charge in [-0.25, -0.2) is 4.79 Å². The summed E-state index contributed by atoms with van der Waals surface area (Å²) in [5.74, 6) is -1.05. The highest BCUT2D eigenvalue weighted by atomic mass is 32.2. The number of aliphatic carboxylic acids is 1. The smallest absolute Gasteiger partial charge is 0.328 e. The molecule has 0 radical (unpaired) electrons. The Morgan fingerprint density at radius 3 is 2.64 bits per heavy atom. The maximum Gasteiger partial charge on any atom is 0.328 e. The van der Waals surface area contributed by atoms with Crippen molar-refractivity contribution in [1.82, 2.24) is 0 Å². The lowest BCUT2D eigenvalue weighted by Crippen LogP contribution is -2.06. The Kier molecular flexibility index (Phi) is 4.77. The number of hydrogen-bond donors (Lipinski definition) is 1. The van der Waals surface area contributed by atoms with Gasteiger partial charge in [-0.05, 0) is 6.42 Å². The number of carbonyl (C=O) groups is 1. The molecule has 1 N–H and O–H groups in total. The number of carboxylic acids is 1. The molecule has 11 heavy (non-hydrogen) atoms. The van der Waals surface area contributed by atoms with E-state index < -0.39 is 16.8 Å². The number of hydrogen-bond acceptors (Lipinski definition) is 2. The summed E-state index contributed by atoms with van der Waals surface area (Å²) in [5.41, 5.74) is 0. The summed E-state index contributed by atoms with van der Waals surface area (Å²) in [4.78, 5) is 9.99. The number of rotatable bonds is 4. The molecule has 0 aromatic carbocycles. The van der Waals surface area contributed by atoms with Crippen LogP contribution in [0.2, 0.25) is 0 Å². The van der Waals surface area contributed by atoms with Crippen LogP contribution in [0.25, 0.3) is 0 Å². The molecule has 0 saturated heterocycles. The van der Waals surface area contributed by atoms with Crippen LogP contribution in [0.15, 0.2) is 11.5 Å². The van der Waals surface area contributed by atoms with Gasteiger partial charge in [0.05, 0.1) is 0 Å². The molecule has 0 bridgehead atoms. The maximum atomic E-state index is 11.0. The third-order valence-corrected chi connectivity index (χ3v) is 2.85. The monoisotopic (exact) mass is 176 g/mol. The van der Waals surface area contributed by atoms with Gasteiger partial charge >= 0.3 is 5.97 Å². The van der Waals surface area contributed by atoms with E-state index in [0.29, 0.717) is 0 Å². The van der Waals surface area contributed by atoms with Gasteiger partial charge in [0.25, 0.3) is 0 Å². The third-order valence-electron chi connectivity index (χ3n) is 1.32. The fourth-order valence-corrected chi connectivity index (χ4v) is 1.27. The van der Waals surface area contributed by atoms with Gasteiger partial charge in [0, 0.05) is 27.5 Å². The normalized spacial score (nSPS) is 16.5. The van der Waals surface area contributed by atoms with Crippen LogP contribution in [0.4, 0.5) is 0 Å². The third kappa shape index (κ3) is 4.72. The summed E-state index contributed by atoms with van der Waals surface area (Å²) in [5, 5.41) is 9.45. The van der Waals surface area contributed by atoms with Crippen molar-refractivity contribution < 1.29 is 14.1 Å². The van der Waals surface area contributed by atoms with E-state index in [1.54, 1.807) is 0 Å². The Balaban J connectivity index is 3.96. The summed E-state index contributed by atoms with van der Waals surface area (Å²) < 4.78 is 11.0. The van der Waals surface area contributed by atoms with Crippen LogP contribution in [0.5, 0.6) is 0 Å². The van der Waals surface area contributed by atoms with Gasteiger partial charge < -0.3 is 5.11 Å². The van der Waals surface area contributed by atoms with E-state index in [1.807, 2.05) is 13.8 Å². The molecule has 4 heteroatoms. The van der Waals surface area contributed by atoms with Crippen molar-refractivity contribution in [2.45, 2.75) is 25.5 Å². The highest BCUT2D eigenvalue weighted by molar-refractivity contribution is 7.88. The van der Waals surface area contributed by atoms with E-state index in [2.05, 4.69) is 0 Å². The van der Waals surface area contributed by atoms with Crippen molar-refractivity contribution >= 4 is 16.8 Å². The molecule has 0 aliphatic carbocycles. The summed E-state index contributed by atoms with van der Waals surface area (Å²) in [6, 6.07) is 0. The fraction of sp³-hybridized carbons (Fsp3) is 0.571. The molecule has 0 rings (SSSR count). The molecule has 2 unspecified atom stereocenters. The highest BCUT2D eigenvalue weighted by Gasteiger charge is 2.04. The van der Waals surface area contributed by atoms with Crippen LogP contribution < -0.4 is 0 Å². The summed E-state index contributed by atoms with van der Waals surface area (Å²) in [6.07, 6.45) is 1.71. The van der Waals surface area contributed by atoms with Crippen LogP contribution in [-0.2, 0) is 15.6 Å². The van der Waals surface area contributed by atoms with Gasteiger partial charge in [-0.3, -0.25) is 4.21 Å². The van der Waals surface area contributed by atoms with Gasteiger partial charge in [0.1, 0.15) is 0 Å². The second kappa shape index (κ2) is 5.07. The molecule has 0 fully saturated rings. The Morgan fingerprint density at radius 1 is 1.73 bits per heavy atom. The van der Waals surface area contributed by atoms with Crippen molar-refractivity contribution in [3.8, 4) is 0 Å². The predicted molar refractivity (Wildman–Crippen MR) is 44.7 cm³/mol. The molecule has 0 aliphatic heterocycles. The zero-order valence-electron chi connectivity index (χ0n) is 6.61. The second-order valence-corrected chi connectivity index (χ2v) is 3.92. The largest absolute Gasteiger partial charge is 0.478 e. The highest BCUT2D eigenvalue weighted by Crippen LogP contribution is 2.01. The first-order valence-corrected chi connectivity index (χ1v) is 4.66. The van der Waals surface area contributed by atoms with Gasteiger partial charge in [0.15, 0.2) is 0 Å². The van der Waals surface area contributed by atoms with Crippen molar-refractivity contribution in [1.29, 1.82) is 0 Å². The van der Waals surface area contributed by atoms with Crippen molar-refractivity contribution in [2.75, 3.05) is 0 Å². The van der Waals surface area contributed by atoms with E-state index in [9.17, 15) is 9.00 Å². The molecule has 0 aromatic heterocycles. The Morgan fingerprint density at radius 2 is 2.27 bits per heavy atom. The van der Waals surface area contributed by atoms with E-state index in [-0.39, 0.29) is 5.25 Å². The van der Waals surface area contributed by atoms with E-state index in [1.165, 1.54) is 5.41 Å². The first-order valence-electron chi connectivity index (χ1n) is 3.38. The standard InChI is InChI=1S/C7H12O3S/c1-3-6(2)11(10)5-4-7(8)9/h4-6H,3H2,1-2H3,(H,8,9)/b5-4+. The lowest BCUT2D eigenvalue weighted by atomic mass is 10.4. The van der Waals surface area contributed by atoms with Gasteiger partial charge in [-0.2, -0.15) is 0 Å². The quantitative estimate of drug-likeness (QED) is 0.653. The molecule has 0 aliphatic rings. The van der Waals surface area contributed by atoms with Crippen LogP contribution >= 0.6 is 0 Å². The Hall–Kier alpha value is -0.640. The summed E-state index contributed by atoms with van der Waals surface area (Å²) in [6.45, 7) is 3.74. The Bertz CT molecular complexity index is 186. The lowest BCUT2D eigenvalue weighted by Gasteiger charge is -2.01. The summed E-state index contributed by atoms with van der Waals surface area (Å²) >= 11 is 0. The van der Waals surface area contributed by atoms with Crippen molar-refractivity contribution in [2.24, 2.45) is 0 Å². The molecular weight excluding hydrogens is 164 g/mol. The average molecular weight is 176 g/mol. The lowest BCUT2D eigenvalue weighted by molar-refractivity contribution is -0.131. The van der Waals surface area contributed by atoms with E-state index in [0.717, 1.165) is 12.5 Å². The average Bonchev–Trinajstić information content (AvgIpc) is 1.98. The summed E-state index contributed by atoms with van der Waals surface area (Å²) in [7, 11) is -1.15. The molecule has 3 nitrogen and oxygen atoms in total. The molecular formula is C7H12O3S. The SMILES string of the molecule is CCC(C)S(=O)/C=C/C(=O)O. The topological polar surface area (TPSA) is 54.4 Å². The van der Waals surface area contributed by atoms with Crippen molar-refractivity contribution in [3.05, 3.63) is 11.5 Å². The first kappa shape index (κ1) is 10.4. The molecule has 2 atom stereocenters. The van der Waals surface area contributed by atoms with Gasteiger partial charge in [0.2, 0.25) is 0 Å². The number of carboxylic acid groups (broad SMARTS) is 1. The van der Waals surface area contributed by atoms with Crippen LogP contribution in [0.3, 0.4) is 0 Å². The van der Waals surface area contributed by atoms with Crippen molar-refractivity contribution in [3.63, 3.8) is 0 Å². The minimum Gasteiger partial charge on any atom is -0.478 e. The maximum absolute atomic E-state index is 11.0. The molecule has 0 heterocycles. The second-order valence-electron chi connectivity index (χ2n) is 2.19. The molecule has 0 spiro atoms. The fourth-order valence-electron chi connectivity index (χ4n) is 0.424. The van der Waals surface area contributed by atoms with E-state index in [4.69, 9.17) is 5.11 Å². The molecule has 0 amide bonds. The van der Waals surface area contributed by atoms with Crippen LogP contribution in [0.1, 0.15) is 20.3 Å². The first-order chi connectivity index (χ1) is 5.07. The zero-order valence-corrected chi connectivity index (χ0v) is 7.43. The van der Waals surface area contributed by atoms with Gasteiger partial charge in [-0.15, -0.1) is 0 Å². The van der Waals surface area contributed by atoms with Gasteiger partial charge in [-0.1, -0.05) is 13.8 Å². The van der Waals surface area contributed by atoms with Crippen LogP contribution in [0, 0.1) is 0 Å². The minimum absolute atomic E-state index is 0.0330. The zero-order chi connectivity index (χ0) is 8.85. The Labute approximate surface area is 68.6 Å². The molecule has 0 aromatic rings. The van der Waals surface area contributed by atoms with E-state index >= 15 is 0 Å². The minimum atomic E-state index is -1.15. The molecule has 0 saturated carbocycles. The predicted octanol–water partition coefficient (Wildman–Crippen LogP) is 1.13.